The lowest BCUT2D eigenvalue weighted by Crippen LogP contribution is -2.33. The Morgan fingerprint density at radius 3 is 2.52 bits per heavy atom. The van der Waals surface area contributed by atoms with Gasteiger partial charge in [0, 0.05) is 16.7 Å². The molecule has 0 saturated carbocycles. The zero-order valence-electron chi connectivity index (χ0n) is 11.4. The molecular formula is C14H13FN2O4. The molecule has 0 amide bonds. The maximum absolute atomic E-state index is 13.8. The third kappa shape index (κ3) is 2.76. The predicted molar refractivity (Wildman–Crippen MR) is 73.3 cm³/mol. The Hall–Kier alpha value is -2.70. The zero-order valence-corrected chi connectivity index (χ0v) is 11.4. The number of H-pyrrole nitrogens is 1. The molecule has 0 aliphatic heterocycles. The van der Waals surface area contributed by atoms with Crippen molar-refractivity contribution in [2.24, 2.45) is 0 Å². The topological polar surface area (TPSA) is 92.2 Å². The van der Waals surface area contributed by atoms with Crippen LogP contribution in [0.15, 0.2) is 27.8 Å². The van der Waals surface area contributed by atoms with Gasteiger partial charge in [0.1, 0.15) is 5.82 Å². The first-order valence-corrected chi connectivity index (χ1v) is 6.13. The lowest BCUT2D eigenvalue weighted by molar-refractivity contribution is 0.0696. The lowest BCUT2D eigenvalue weighted by atomic mass is 10.1. The maximum Gasteiger partial charge on any atom is 0.335 e. The first-order chi connectivity index (χ1) is 9.81. The standard InChI is InChI=1S/C14H13FN2O4/c1-7-8(2)13(19)17(16-12(7)18)6-10-4-3-9(14(20)21)5-11(10)15/h3-5H,6H2,1-2H3,(H,16,18)(H,20,21). The fourth-order valence-corrected chi connectivity index (χ4v) is 1.88. The first kappa shape index (κ1) is 14.7. The van der Waals surface area contributed by atoms with Gasteiger partial charge in [-0.3, -0.25) is 14.7 Å². The Morgan fingerprint density at radius 1 is 1.29 bits per heavy atom. The molecule has 0 unspecified atom stereocenters. The summed E-state index contributed by atoms with van der Waals surface area (Å²) in [6, 6.07) is 3.39. The van der Waals surface area contributed by atoms with Gasteiger partial charge in [0.05, 0.1) is 12.1 Å². The smallest absolute Gasteiger partial charge is 0.335 e. The molecule has 0 aliphatic rings. The lowest BCUT2D eigenvalue weighted by Gasteiger charge is -2.09. The fraction of sp³-hybridized carbons (Fsp3) is 0.214. The summed E-state index contributed by atoms with van der Waals surface area (Å²) in [5, 5.41) is 11.1. The van der Waals surface area contributed by atoms with Gasteiger partial charge < -0.3 is 5.11 Å². The zero-order chi connectivity index (χ0) is 15.7. The summed E-state index contributed by atoms with van der Waals surface area (Å²) >= 11 is 0. The maximum atomic E-state index is 13.8. The van der Waals surface area contributed by atoms with E-state index in [9.17, 15) is 18.8 Å². The molecule has 1 aromatic carbocycles. The monoisotopic (exact) mass is 292 g/mol. The van der Waals surface area contributed by atoms with Crippen molar-refractivity contribution >= 4 is 5.97 Å². The van der Waals surface area contributed by atoms with Crippen LogP contribution in [0, 0.1) is 19.7 Å². The summed E-state index contributed by atoms with van der Waals surface area (Å²) in [4.78, 5) is 34.4. The van der Waals surface area contributed by atoms with E-state index < -0.39 is 22.9 Å². The minimum atomic E-state index is -1.24. The number of carbonyl (C=O) groups is 1. The van der Waals surface area contributed by atoms with Gasteiger partial charge in [-0.05, 0) is 26.0 Å². The largest absolute Gasteiger partial charge is 0.478 e. The van der Waals surface area contributed by atoms with Crippen LogP contribution in [0.1, 0.15) is 27.0 Å². The Kier molecular flexibility index (Phi) is 3.75. The first-order valence-electron chi connectivity index (χ1n) is 6.13. The molecule has 6 nitrogen and oxygen atoms in total. The molecule has 0 spiro atoms. The number of halogens is 1. The molecule has 110 valence electrons. The highest BCUT2D eigenvalue weighted by Gasteiger charge is 2.12. The SMILES string of the molecule is Cc1c(C)c(=O)n(Cc2ccc(C(=O)O)cc2F)[nH]c1=O. The Labute approximate surface area is 118 Å². The summed E-state index contributed by atoms with van der Waals surface area (Å²) in [5.74, 6) is -1.99. The van der Waals surface area contributed by atoms with Crippen molar-refractivity contribution in [3.63, 3.8) is 0 Å². The van der Waals surface area contributed by atoms with E-state index >= 15 is 0 Å². The molecule has 0 fully saturated rings. The van der Waals surface area contributed by atoms with E-state index in [0.29, 0.717) is 11.1 Å². The Bertz CT molecular complexity index is 836. The van der Waals surface area contributed by atoms with Gasteiger partial charge in [0.25, 0.3) is 11.1 Å². The van der Waals surface area contributed by atoms with E-state index in [0.717, 1.165) is 10.7 Å². The van der Waals surface area contributed by atoms with Gasteiger partial charge >= 0.3 is 5.97 Å². The third-order valence-corrected chi connectivity index (χ3v) is 3.33. The molecule has 0 bridgehead atoms. The van der Waals surface area contributed by atoms with Crippen molar-refractivity contribution in [1.82, 2.24) is 9.78 Å². The van der Waals surface area contributed by atoms with Gasteiger partial charge in [-0.15, -0.1) is 0 Å². The number of nitrogens with zero attached hydrogens (tertiary/aromatic N) is 1. The van der Waals surface area contributed by atoms with Crippen LogP contribution in [-0.4, -0.2) is 20.9 Å². The van der Waals surface area contributed by atoms with E-state index in [2.05, 4.69) is 5.10 Å². The van der Waals surface area contributed by atoms with Crippen molar-refractivity contribution in [1.29, 1.82) is 0 Å². The van der Waals surface area contributed by atoms with E-state index in [-0.39, 0.29) is 17.7 Å². The molecule has 2 rings (SSSR count). The second-order valence-corrected chi connectivity index (χ2v) is 4.69. The van der Waals surface area contributed by atoms with Crippen LogP contribution in [0.3, 0.4) is 0 Å². The molecule has 7 heteroatoms. The highest BCUT2D eigenvalue weighted by molar-refractivity contribution is 5.87. The van der Waals surface area contributed by atoms with E-state index in [1.807, 2.05) is 0 Å². The van der Waals surface area contributed by atoms with Crippen molar-refractivity contribution in [3.05, 3.63) is 67.0 Å². The average molecular weight is 292 g/mol. The molecule has 0 aliphatic carbocycles. The molecule has 2 aromatic rings. The minimum absolute atomic E-state index is 0.112. The molecule has 1 heterocycles. The Morgan fingerprint density at radius 2 is 1.95 bits per heavy atom. The number of benzene rings is 1. The van der Waals surface area contributed by atoms with Gasteiger partial charge in [-0.2, -0.15) is 0 Å². The molecule has 2 N–H and O–H groups in total. The Balaban J connectivity index is 2.46. The van der Waals surface area contributed by atoms with Gasteiger partial charge in [0.2, 0.25) is 0 Å². The number of hydrogen-bond acceptors (Lipinski definition) is 3. The number of rotatable bonds is 3. The highest BCUT2D eigenvalue weighted by Crippen LogP contribution is 2.11. The molecule has 0 atom stereocenters. The van der Waals surface area contributed by atoms with E-state index in [1.165, 1.54) is 26.0 Å². The minimum Gasteiger partial charge on any atom is -0.478 e. The van der Waals surface area contributed by atoms with Crippen LogP contribution >= 0.6 is 0 Å². The number of nitrogens with one attached hydrogen (secondary N) is 1. The van der Waals surface area contributed by atoms with Crippen LogP contribution in [0.5, 0.6) is 0 Å². The van der Waals surface area contributed by atoms with E-state index in [4.69, 9.17) is 5.11 Å². The predicted octanol–water partition coefficient (Wildman–Crippen LogP) is 1.04. The average Bonchev–Trinajstić information content (AvgIpc) is 2.44. The van der Waals surface area contributed by atoms with Crippen LogP contribution in [0.4, 0.5) is 4.39 Å². The van der Waals surface area contributed by atoms with Crippen molar-refractivity contribution < 1.29 is 14.3 Å². The molecule has 0 radical (unpaired) electrons. The second-order valence-electron chi connectivity index (χ2n) is 4.69. The number of hydrogen-bond donors (Lipinski definition) is 2. The van der Waals surface area contributed by atoms with Crippen molar-refractivity contribution in [3.8, 4) is 0 Å². The molecule has 0 saturated heterocycles. The van der Waals surface area contributed by atoms with Gasteiger partial charge in [-0.1, -0.05) is 6.07 Å². The number of carboxylic acid groups (broad SMARTS) is 1. The highest BCUT2D eigenvalue weighted by atomic mass is 19.1. The molecule has 21 heavy (non-hydrogen) atoms. The number of aromatic carboxylic acids is 1. The van der Waals surface area contributed by atoms with Gasteiger partial charge in [0.15, 0.2) is 0 Å². The summed E-state index contributed by atoms with van der Waals surface area (Å²) in [7, 11) is 0. The van der Waals surface area contributed by atoms with Crippen molar-refractivity contribution in [2.45, 2.75) is 20.4 Å². The number of carboxylic acids is 1. The van der Waals surface area contributed by atoms with Crippen molar-refractivity contribution in [2.75, 3.05) is 0 Å². The summed E-state index contributed by atoms with van der Waals surface area (Å²) in [5.41, 5.74) is -0.305. The van der Waals surface area contributed by atoms with Crippen LogP contribution in [-0.2, 0) is 6.54 Å². The van der Waals surface area contributed by atoms with Crippen LogP contribution in [0.25, 0.3) is 0 Å². The quantitative estimate of drug-likeness (QED) is 0.884. The number of aromatic amines is 1. The van der Waals surface area contributed by atoms with Crippen LogP contribution < -0.4 is 11.1 Å². The van der Waals surface area contributed by atoms with E-state index in [1.54, 1.807) is 0 Å². The van der Waals surface area contributed by atoms with Crippen LogP contribution in [0.2, 0.25) is 0 Å². The van der Waals surface area contributed by atoms with Gasteiger partial charge in [-0.25, -0.2) is 13.9 Å². The third-order valence-electron chi connectivity index (χ3n) is 3.33. The normalized spacial score (nSPS) is 10.6. The fourth-order valence-electron chi connectivity index (χ4n) is 1.88. The molecule has 1 aromatic heterocycles. The summed E-state index contributed by atoms with van der Waals surface area (Å²) < 4.78 is 14.8. The molecular weight excluding hydrogens is 279 g/mol. The summed E-state index contributed by atoms with van der Waals surface area (Å²) in [6.07, 6.45) is 0. The number of aromatic nitrogens is 2. The second kappa shape index (κ2) is 5.35. The summed E-state index contributed by atoms with van der Waals surface area (Å²) in [6.45, 7) is 2.87.